The van der Waals surface area contributed by atoms with Crippen molar-refractivity contribution in [2.75, 3.05) is 18.1 Å². The van der Waals surface area contributed by atoms with E-state index in [1.165, 1.54) is 4.57 Å². The lowest BCUT2D eigenvalue weighted by Gasteiger charge is -2.30. The van der Waals surface area contributed by atoms with Crippen molar-refractivity contribution in [1.29, 1.82) is 0 Å². The highest BCUT2D eigenvalue weighted by atomic mass is 35.5. The van der Waals surface area contributed by atoms with Gasteiger partial charge in [-0.15, -0.1) is 0 Å². The lowest BCUT2D eigenvalue weighted by Crippen LogP contribution is -2.45. The summed E-state index contributed by atoms with van der Waals surface area (Å²) in [6.07, 6.45) is 0. The van der Waals surface area contributed by atoms with Gasteiger partial charge in [0.05, 0.1) is 29.7 Å². The molecule has 172 valence electrons. The smallest absolute Gasteiger partial charge is 0.332 e. The van der Waals surface area contributed by atoms with Gasteiger partial charge in [-0.3, -0.25) is 18.7 Å². The molecule has 0 bridgehead atoms. The van der Waals surface area contributed by atoms with Crippen LogP contribution in [-0.4, -0.2) is 28.2 Å². The second-order valence-corrected chi connectivity index (χ2v) is 8.71. The first-order valence-corrected chi connectivity index (χ1v) is 11.3. The Morgan fingerprint density at radius 1 is 1.00 bits per heavy atom. The van der Waals surface area contributed by atoms with E-state index in [0.717, 1.165) is 15.7 Å². The summed E-state index contributed by atoms with van der Waals surface area (Å²) in [5.41, 5.74) is 1.94. The van der Waals surface area contributed by atoms with Crippen molar-refractivity contribution in [1.82, 2.24) is 9.13 Å². The maximum atomic E-state index is 13.5. The fourth-order valence-electron chi connectivity index (χ4n) is 4.24. The van der Waals surface area contributed by atoms with Gasteiger partial charge in [0.1, 0.15) is 18.9 Å². The van der Waals surface area contributed by atoms with Crippen LogP contribution >= 0.6 is 11.6 Å². The number of para-hydroxylation sites is 1. The summed E-state index contributed by atoms with van der Waals surface area (Å²) in [5.74, 6) is 0.384. The summed E-state index contributed by atoms with van der Waals surface area (Å²) in [7, 11) is 0. The molecule has 0 saturated carbocycles. The minimum absolute atomic E-state index is 0.0768. The van der Waals surface area contributed by atoms with Crippen LogP contribution in [0.5, 0.6) is 5.75 Å². The van der Waals surface area contributed by atoms with Gasteiger partial charge in [0.25, 0.3) is 5.56 Å². The SMILES string of the molecule is Cc1ccc2c(c1)N(C(=O)Cn1c(=O)n(Cc3ccc(Cl)cc3)c(=O)c3ccccc31)CCO2. The van der Waals surface area contributed by atoms with Crippen LogP contribution in [0.4, 0.5) is 5.69 Å². The Hall–Kier alpha value is -3.84. The van der Waals surface area contributed by atoms with Crippen molar-refractivity contribution < 1.29 is 9.53 Å². The molecule has 2 heterocycles. The number of carbonyl (C=O) groups excluding carboxylic acids is 1. The molecule has 0 N–H and O–H groups in total. The second-order valence-electron chi connectivity index (χ2n) is 8.27. The average Bonchev–Trinajstić information content (AvgIpc) is 2.85. The molecule has 0 spiro atoms. The molecule has 0 unspecified atom stereocenters. The Balaban J connectivity index is 1.58. The monoisotopic (exact) mass is 475 g/mol. The third-order valence-electron chi connectivity index (χ3n) is 5.96. The summed E-state index contributed by atoms with van der Waals surface area (Å²) < 4.78 is 8.23. The zero-order valence-corrected chi connectivity index (χ0v) is 19.3. The van der Waals surface area contributed by atoms with Gasteiger partial charge in [-0.05, 0) is 54.4 Å². The molecule has 0 fully saturated rings. The number of fused-ring (bicyclic) bond motifs is 2. The van der Waals surface area contributed by atoms with Crippen molar-refractivity contribution in [3.05, 3.63) is 104 Å². The minimum atomic E-state index is -0.537. The molecule has 1 amide bonds. The van der Waals surface area contributed by atoms with E-state index in [1.54, 1.807) is 53.4 Å². The minimum Gasteiger partial charge on any atom is -0.490 e. The van der Waals surface area contributed by atoms with Crippen LogP contribution in [0, 0.1) is 6.92 Å². The Kier molecular flexibility index (Phi) is 5.71. The molecule has 4 aromatic rings. The predicted molar refractivity (Wildman–Crippen MR) is 132 cm³/mol. The van der Waals surface area contributed by atoms with Gasteiger partial charge in [0, 0.05) is 5.02 Å². The van der Waals surface area contributed by atoms with E-state index in [9.17, 15) is 14.4 Å². The predicted octanol–water partition coefficient (Wildman–Crippen LogP) is 3.60. The topological polar surface area (TPSA) is 73.5 Å². The van der Waals surface area contributed by atoms with Crippen LogP contribution in [0.15, 0.2) is 76.3 Å². The van der Waals surface area contributed by atoms with Gasteiger partial charge in [-0.25, -0.2) is 4.79 Å². The number of aromatic nitrogens is 2. The first-order valence-electron chi connectivity index (χ1n) is 10.9. The third kappa shape index (κ3) is 3.99. The van der Waals surface area contributed by atoms with Crippen LogP contribution in [-0.2, 0) is 17.9 Å². The van der Waals surface area contributed by atoms with Gasteiger partial charge in [0.2, 0.25) is 5.91 Å². The van der Waals surface area contributed by atoms with E-state index in [0.29, 0.717) is 40.5 Å². The second kappa shape index (κ2) is 8.83. The fourth-order valence-corrected chi connectivity index (χ4v) is 4.37. The number of amides is 1. The summed E-state index contributed by atoms with van der Waals surface area (Å²) in [5, 5.41) is 0.945. The largest absolute Gasteiger partial charge is 0.490 e. The molecule has 0 radical (unpaired) electrons. The maximum Gasteiger partial charge on any atom is 0.332 e. The fraction of sp³-hybridized carbons (Fsp3) is 0.192. The Bertz CT molecular complexity index is 1520. The number of benzene rings is 3. The number of aryl methyl sites for hydroxylation is 1. The maximum absolute atomic E-state index is 13.5. The van der Waals surface area contributed by atoms with Gasteiger partial charge in [-0.2, -0.15) is 0 Å². The van der Waals surface area contributed by atoms with E-state index < -0.39 is 11.2 Å². The zero-order valence-electron chi connectivity index (χ0n) is 18.5. The van der Waals surface area contributed by atoms with Crippen LogP contribution in [0.2, 0.25) is 5.02 Å². The highest BCUT2D eigenvalue weighted by Crippen LogP contribution is 2.32. The number of carbonyl (C=O) groups is 1. The Morgan fingerprint density at radius 3 is 2.56 bits per heavy atom. The molecule has 0 saturated heterocycles. The molecule has 1 aliphatic rings. The van der Waals surface area contributed by atoms with Crippen molar-refractivity contribution >= 4 is 34.1 Å². The van der Waals surface area contributed by atoms with Crippen LogP contribution < -0.4 is 20.9 Å². The quantitative estimate of drug-likeness (QED) is 0.452. The number of anilines is 1. The normalized spacial score (nSPS) is 12.9. The number of nitrogens with zero attached hydrogens (tertiary/aromatic N) is 3. The first kappa shape index (κ1) is 22.0. The van der Waals surface area contributed by atoms with E-state index in [1.807, 2.05) is 25.1 Å². The van der Waals surface area contributed by atoms with Crippen molar-refractivity contribution in [2.45, 2.75) is 20.0 Å². The summed E-state index contributed by atoms with van der Waals surface area (Å²) in [4.78, 5) is 41.7. The van der Waals surface area contributed by atoms with Crippen LogP contribution in [0.25, 0.3) is 10.9 Å². The summed E-state index contributed by atoms with van der Waals surface area (Å²) in [6, 6.07) is 19.5. The molecule has 5 rings (SSSR count). The van der Waals surface area contributed by atoms with Crippen molar-refractivity contribution in [2.24, 2.45) is 0 Å². The van der Waals surface area contributed by atoms with Gasteiger partial charge < -0.3 is 9.64 Å². The molecule has 1 aromatic heterocycles. The van der Waals surface area contributed by atoms with E-state index in [-0.39, 0.29) is 19.0 Å². The molecular weight excluding hydrogens is 454 g/mol. The first-order chi connectivity index (χ1) is 16.4. The molecule has 0 aliphatic carbocycles. The number of ether oxygens (including phenoxy) is 1. The van der Waals surface area contributed by atoms with E-state index in [4.69, 9.17) is 16.3 Å². The van der Waals surface area contributed by atoms with Gasteiger partial charge >= 0.3 is 5.69 Å². The lowest BCUT2D eigenvalue weighted by molar-refractivity contribution is -0.119. The van der Waals surface area contributed by atoms with Crippen molar-refractivity contribution in [3.63, 3.8) is 0 Å². The molecule has 1 aliphatic heterocycles. The van der Waals surface area contributed by atoms with E-state index in [2.05, 4.69) is 0 Å². The number of halogens is 1. The molecule has 8 heteroatoms. The zero-order chi connectivity index (χ0) is 23.8. The standard InChI is InChI=1S/C26H22ClN3O4/c1-17-6-11-23-22(14-17)28(12-13-34-23)24(31)16-29-21-5-3-2-4-20(21)25(32)30(26(29)33)15-18-7-9-19(27)10-8-18/h2-11,14H,12-13,15-16H2,1H3. The number of hydrogen-bond acceptors (Lipinski definition) is 4. The third-order valence-corrected chi connectivity index (χ3v) is 6.21. The molecule has 34 heavy (non-hydrogen) atoms. The van der Waals surface area contributed by atoms with Crippen molar-refractivity contribution in [3.8, 4) is 5.75 Å². The molecule has 0 atom stereocenters. The van der Waals surface area contributed by atoms with Gasteiger partial charge in [0.15, 0.2) is 0 Å². The molecule has 7 nitrogen and oxygen atoms in total. The van der Waals surface area contributed by atoms with Crippen LogP contribution in [0.3, 0.4) is 0 Å². The Labute approximate surface area is 200 Å². The lowest BCUT2D eigenvalue weighted by atomic mass is 10.1. The van der Waals surface area contributed by atoms with E-state index >= 15 is 0 Å². The highest BCUT2D eigenvalue weighted by molar-refractivity contribution is 6.30. The number of rotatable bonds is 4. The Morgan fingerprint density at radius 2 is 1.76 bits per heavy atom. The highest BCUT2D eigenvalue weighted by Gasteiger charge is 2.25. The molecule has 3 aromatic carbocycles. The van der Waals surface area contributed by atoms with Gasteiger partial charge in [-0.1, -0.05) is 41.9 Å². The average molecular weight is 476 g/mol. The number of hydrogen-bond donors (Lipinski definition) is 0. The summed E-state index contributed by atoms with van der Waals surface area (Å²) in [6.45, 7) is 2.57. The molecular formula is C26H22ClN3O4. The van der Waals surface area contributed by atoms with Crippen LogP contribution in [0.1, 0.15) is 11.1 Å². The summed E-state index contributed by atoms with van der Waals surface area (Å²) >= 11 is 5.97.